The summed E-state index contributed by atoms with van der Waals surface area (Å²) in [6.07, 6.45) is 0. The molecule has 1 aliphatic heterocycles. The van der Waals surface area contributed by atoms with E-state index in [1.807, 2.05) is 4.90 Å². The van der Waals surface area contributed by atoms with Gasteiger partial charge in [0.25, 0.3) is 0 Å². The van der Waals surface area contributed by atoms with E-state index < -0.39 is 11.4 Å². The van der Waals surface area contributed by atoms with Gasteiger partial charge in [0.2, 0.25) is 5.91 Å². The summed E-state index contributed by atoms with van der Waals surface area (Å²) in [6.45, 7) is 5.38. The van der Waals surface area contributed by atoms with Gasteiger partial charge in [-0.1, -0.05) is 0 Å². The number of hydrogen-bond acceptors (Lipinski definition) is 3. The maximum absolute atomic E-state index is 11.0. The second-order valence-corrected chi connectivity index (χ2v) is 4.25. The van der Waals surface area contributed by atoms with E-state index in [-0.39, 0.29) is 5.91 Å². The van der Waals surface area contributed by atoms with Crippen LogP contribution in [0.3, 0.4) is 0 Å². The van der Waals surface area contributed by atoms with E-state index in [9.17, 15) is 9.59 Å². The summed E-state index contributed by atoms with van der Waals surface area (Å²) >= 11 is 0. The molecule has 0 aliphatic carbocycles. The summed E-state index contributed by atoms with van der Waals surface area (Å²) in [5.74, 6) is -0.860. The molecule has 0 aromatic heterocycles. The van der Waals surface area contributed by atoms with Gasteiger partial charge in [-0.25, -0.2) is 0 Å². The SMILES string of the molecule is CC(C)(CN1CCNC(=O)C1)C(=O)O. The fourth-order valence-corrected chi connectivity index (χ4v) is 1.45. The number of piperazine rings is 1. The first kappa shape index (κ1) is 11.0. The average Bonchev–Trinajstić information content (AvgIpc) is 2.02. The third-order valence-electron chi connectivity index (χ3n) is 2.32. The van der Waals surface area contributed by atoms with Crippen LogP contribution in [0.4, 0.5) is 0 Å². The standard InChI is InChI=1S/C9H16N2O3/c1-9(2,8(13)14)6-11-4-3-10-7(12)5-11/h3-6H2,1-2H3,(H,10,12)(H,13,14). The Labute approximate surface area is 83.1 Å². The molecule has 0 radical (unpaired) electrons. The minimum Gasteiger partial charge on any atom is -0.481 e. The summed E-state index contributed by atoms with van der Waals surface area (Å²) in [5.41, 5.74) is -0.794. The number of carboxylic acids is 1. The van der Waals surface area contributed by atoms with Crippen LogP contribution >= 0.6 is 0 Å². The highest BCUT2D eigenvalue weighted by Crippen LogP contribution is 2.17. The predicted molar refractivity (Wildman–Crippen MR) is 50.9 cm³/mol. The van der Waals surface area contributed by atoms with Gasteiger partial charge >= 0.3 is 5.97 Å². The van der Waals surface area contributed by atoms with Crippen LogP contribution in [-0.2, 0) is 9.59 Å². The normalized spacial score (nSPS) is 19.1. The van der Waals surface area contributed by atoms with Crippen molar-refractivity contribution in [1.82, 2.24) is 10.2 Å². The van der Waals surface area contributed by atoms with E-state index in [2.05, 4.69) is 5.32 Å². The van der Waals surface area contributed by atoms with E-state index in [0.29, 0.717) is 19.6 Å². The number of nitrogens with one attached hydrogen (secondary N) is 1. The molecule has 0 saturated carbocycles. The lowest BCUT2D eigenvalue weighted by atomic mass is 9.93. The maximum atomic E-state index is 11.0. The molecule has 1 aliphatic rings. The van der Waals surface area contributed by atoms with Gasteiger partial charge < -0.3 is 10.4 Å². The summed E-state index contributed by atoms with van der Waals surface area (Å²) < 4.78 is 0. The first-order valence-electron chi connectivity index (χ1n) is 4.64. The van der Waals surface area contributed by atoms with Gasteiger partial charge in [0.15, 0.2) is 0 Å². The molecule has 0 atom stereocenters. The average molecular weight is 200 g/mol. The largest absolute Gasteiger partial charge is 0.481 e. The van der Waals surface area contributed by atoms with Crippen molar-refractivity contribution in [1.29, 1.82) is 0 Å². The fourth-order valence-electron chi connectivity index (χ4n) is 1.45. The number of hydrogen-bond donors (Lipinski definition) is 2. The fraction of sp³-hybridized carbons (Fsp3) is 0.778. The summed E-state index contributed by atoms with van der Waals surface area (Å²) in [6, 6.07) is 0. The van der Waals surface area contributed by atoms with Crippen molar-refractivity contribution >= 4 is 11.9 Å². The Kier molecular flexibility index (Phi) is 3.10. The van der Waals surface area contributed by atoms with Crippen molar-refractivity contribution in [3.63, 3.8) is 0 Å². The monoisotopic (exact) mass is 200 g/mol. The van der Waals surface area contributed by atoms with Gasteiger partial charge in [0.1, 0.15) is 0 Å². The molecule has 2 N–H and O–H groups in total. The molecule has 1 rings (SSSR count). The van der Waals surface area contributed by atoms with E-state index >= 15 is 0 Å². The second-order valence-electron chi connectivity index (χ2n) is 4.25. The van der Waals surface area contributed by atoms with Gasteiger partial charge in [-0.05, 0) is 13.8 Å². The number of aliphatic carboxylic acids is 1. The van der Waals surface area contributed by atoms with Crippen LogP contribution in [0.25, 0.3) is 0 Å². The lowest BCUT2D eigenvalue weighted by molar-refractivity contribution is -0.148. The molecule has 80 valence electrons. The van der Waals surface area contributed by atoms with Crippen LogP contribution < -0.4 is 5.32 Å². The molecule has 1 amide bonds. The molecule has 0 unspecified atom stereocenters. The van der Waals surface area contributed by atoms with Crippen LogP contribution in [0.2, 0.25) is 0 Å². The number of carboxylic acid groups (broad SMARTS) is 1. The molecule has 5 nitrogen and oxygen atoms in total. The first-order valence-corrected chi connectivity index (χ1v) is 4.64. The molecule has 0 aromatic carbocycles. The molecule has 0 aromatic rings. The Morgan fingerprint density at radius 1 is 1.64 bits per heavy atom. The van der Waals surface area contributed by atoms with Crippen molar-refractivity contribution < 1.29 is 14.7 Å². The van der Waals surface area contributed by atoms with Gasteiger partial charge in [0.05, 0.1) is 12.0 Å². The molecule has 0 spiro atoms. The van der Waals surface area contributed by atoms with Crippen molar-refractivity contribution in [2.45, 2.75) is 13.8 Å². The summed E-state index contributed by atoms with van der Waals surface area (Å²) in [5, 5.41) is 11.6. The number of nitrogens with zero attached hydrogens (tertiary/aromatic N) is 1. The Hall–Kier alpha value is -1.10. The second kappa shape index (κ2) is 3.96. The highest BCUT2D eigenvalue weighted by Gasteiger charge is 2.31. The zero-order chi connectivity index (χ0) is 10.8. The molecule has 14 heavy (non-hydrogen) atoms. The highest BCUT2D eigenvalue weighted by atomic mass is 16.4. The summed E-state index contributed by atoms with van der Waals surface area (Å²) in [7, 11) is 0. The molecular formula is C9H16N2O3. The Bertz CT molecular complexity index is 250. The first-order chi connectivity index (χ1) is 6.42. The third-order valence-corrected chi connectivity index (χ3v) is 2.32. The summed E-state index contributed by atoms with van der Waals surface area (Å²) in [4.78, 5) is 23.7. The molecule has 5 heteroatoms. The van der Waals surface area contributed by atoms with E-state index in [0.717, 1.165) is 6.54 Å². The zero-order valence-corrected chi connectivity index (χ0v) is 8.54. The van der Waals surface area contributed by atoms with Gasteiger partial charge in [-0.2, -0.15) is 0 Å². The van der Waals surface area contributed by atoms with Crippen molar-refractivity contribution in [2.75, 3.05) is 26.2 Å². The maximum Gasteiger partial charge on any atom is 0.310 e. The van der Waals surface area contributed by atoms with Crippen molar-refractivity contribution in [3.05, 3.63) is 0 Å². The number of carbonyl (C=O) groups is 2. The van der Waals surface area contributed by atoms with Gasteiger partial charge in [-0.15, -0.1) is 0 Å². The van der Waals surface area contributed by atoms with Gasteiger partial charge in [0, 0.05) is 19.6 Å². The Morgan fingerprint density at radius 3 is 2.79 bits per heavy atom. The van der Waals surface area contributed by atoms with Crippen LogP contribution in [0.1, 0.15) is 13.8 Å². The minimum atomic E-state index is -0.830. The van der Waals surface area contributed by atoms with Gasteiger partial charge in [-0.3, -0.25) is 14.5 Å². The molecule has 1 heterocycles. The van der Waals surface area contributed by atoms with Crippen LogP contribution in [0, 0.1) is 5.41 Å². The number of carbonyl (C=O) groups excluding carboxylic acids is 1. The molecule has 1 saturated heterocycles. The molecule has 1 fully saturated rings. The lowest BCUT2D eigenvalue weighted by Gasteiger charge is -2.31. The smallest absolute Gasteiger partial charge is 0.310 e. The van der Waals surface area contributed by atoms with Crippen LogP contribution in [0.5, 0.6) is 0 Å². The topological polar surface area (TPSA) is 69.6 Å². The quantitative estimate of drug-likeness (QED) is 0.646. The van der Waals surface area contributed by atoms with Crippen molar-refractivity contribution in [2.24, 2.45) is 5.41 Å². The Morgan fingerprint density at radius 2 is 2.29 bits per heavy atom. The molecular weight excluding hydrogens is 184 g/mol. The zero-order valence-electron chi connectivity index (χ0n) is 8.54. The molecule has 0 bridgehead atoms. The van der Waals surface area contributed by atoms with Crippen LogP contribution in [-0.4, -0.2) is 48.1 Å². The Balaban J connectivity index is 2.51. The number of rotatable bonds is 3. The predicted octanol–water partition coefficient (Wildman–Crippen LogP) is -0.471. The van der Waals surface area contributed by atoms with Crippen molar-refractivity contribution in [3.8, 4) is 0 Å². The lowest BCUT2D eigenvalue weighted by Crippen LogP contribution is -2.51. The third kappa shape index (κ3) is 2.70. The van der Waals surface area contributed by atoms with E-state index in [4.69, 9.17) is 5.11 Å². The van der Waals surface area contributed by atoms with E-state index in [1.165, 1.54) is 0 Å². The number of amides is 1. The van der Waals surface area contributed by atoms with E-state index in [1.54, 1.807) is 13.8 Å². The van der Waals surface area contributed by atoms with Crippen LogP contribution in [0.15, 0.2) is 0 Å². The minimum absolute atomic E-state index is 0.0301. The highest BCUT2D eigenvalue weighted by molar-refractivity contribution is 5.79.